The molecule has 2 nitrogen and oxygen atoms in total. The lowest BCUT2D eigenvalue weighted by Gasteiger charge is -2.60. The molecular formula is C20H29NO. The normalized spacial score (nSPS) is 35.5. The van der Waals surface area contributed by atoms with Gasteiger partial charge in [0.1, 0.15) is 5.75 Å². The van der Waals surface area contributed by atoms with Crippen molar-refractivity contribution in [3.8, 4) is 5.75 Å². The third kappa shape index (κ3) is 1.96. The van der Waals surface area contributed by atoms with Crippen LogP contribution < -0.4 is 0 Å². The number of hydrogen-bond acceptors (Lipinski definition) is 2. The minimum absolute atomic E-state index is 0.360. The van der Waals surface area contributed by atoms with Gasteiger partial charge in [-0.1, -0.05) is 25.8 Å². The molecule has 1 saturated heterocycles. The zero-order valence-corrected chi connectivity index (χ0v) is 14.0. The zero-order chi connectivity index (χ0) is 15.3. The molecule has 3 aliphatic rings. The summed E-state index contributed by atoms with van der Waals surface area (Å²) in [5.74, 6) is 1.26. The van der Waals surface area contributed by atoms with Gasteiger partial charge in [-0.3, -0.25) is 4.90 Å². The van der Waals surface area contributed by atoms with E-state index < -0.39 is 0 Å². The second-order valence-electron chi connectivity index (χ2n) is 7.87. The van der Waals surface area contributed by atoms with Gasteiger partial charge >= 0.3 is 0 Å². The Morgan fingerprint density at radius 3 is 3.00 bits per heavy atom. The Morgan fingerprint density at radius 1 is 1.32 bits per heavy atom. The maximum Gasteiger partial charge on any atom is 0.115 e. The van der Waals surface area contributed by atoms with E-state index >= 15 is 0 Å². The van der Waals surface area contributed by atoms with Crippen molar-refractivity contribution in [2.24, 2.45) is 5.92 Å². The van der Waals surface area contributed by atoms with Gasteiger partial charge in [0.25, 0.3) is 0 Å². The van der Waals surface area contributed by atoms with Crippen molar-refractivity contribution in [1.82, 2.24) is 4.90 Å². The Labute approximate surface area is 134 Å². The van der Waals surface area contributed by atoms with E-state index in [1.165, 1.54) is 62.6 Å². The molecule has 22 heavy (non-hydrogen) atoms. The summed E-state index contributed by atoms with van der Waals surface area (Å²) in [5, 5.41) is 10.0. The summed E-state index contributed by atoms with van der Waals surface area (Å²) in [6.45, 7) is 5.97. The molecule has 4 rings (SSSR count). The van der Waals surface area contributed by atoms with Gasteiger partial charge in [0.05, 0.1) is 0 Å². The van der Waals surface area contributed by atoms with Gasteiger partial charge < -0.3 is 5.11 Å². The van der Waals surface area contributed by atoms with Gasteiger partial charge in [0.2, 0.25) is 0 Å². The number of hydrogen-bond donors (Lipinski definition) is 1. The molecule has 0 aromatic heterocycles. The lowest BCUT2D eigenvalue weighted by molar-refractivity contribution is -0.0307. The van der Waals surface area contributed by atoms with Crippen LogP contribution in [0.1, 0.15) is 63.5 Å². The van der Waals surface area contributed by atoms with Crippen LogP contribution in [0, 0.1) is 5.92 Å². The Morgan fingerprint density at radius 2 is 2.18 bits per heavy atom. The second-order valence-corrected chi connectivity index (χ2v) is 7.87. The highest BCUT2D eigenvalue weighted by Gasteiger charge is 2.54. The Hall–Kier alpha value is -1.02. The SMILES string of the molecule is CC[C@@H](C)N1CC[C@]23CCCCC2[C@H]1Cc1ccc(O)cc13. The Bertz CT molecular complexity index is 569. The maximum atomic E-state index is 10.0. The standard InChI is InChI=1S/C20H29NO/c1-3-14(2)21-11-10-20-9-5-4-6-17(20)19(21)12-15-7-8-16(22)13-18(15)20/h7-8,13-14,17,19,22H,3-6,9-12H2,1-2H3/t14-,17?,19-,20-/m1/s1. The highest BCUT2D eigenvalue weighted by Crippen LogP contribution is 2.56. The maximum absolute atomic E-state index is 10.0. The van der Waals surface area contributed by atoms with E-state index in [-0.39, 0.29) is 0 Å². The molecule has 2 heteroatoms. The van der Waals surface area contributed by atoms with Crippen molar-refractivity contribution in [3.05, 3.63) is 29.3 Å². The minimum atomic E-state index is 0.360. The fourth-order valence-corrected chi connectivity index (χ4v) is 5.80. The van der Waals surface area contributed by atoms with Gasteiger partial charge in [-0.15, -0.1) is 0 Å². The number of piperidine rings is 1. The summed E-state index contributed by atoms with van der Waals surface area (Å²) in [5.41, 5.74) is 3.37. The highest BCUT2D eigenvalue weighted by molar-refractivity contribution is 5.45. The second kappa shape index (κ2) is 5.26. The molecule has 1 heterocycles. The van der Waals surface area contributed by atoms with Crippen LogP contribution >= 0.6 is 0 Å². The van der Waals surface area contributed by atoms with Gasteiger partial charge in [0, 0.05) is 17.5 Å². The first-order valence-electron chi connectivity index (χ1n) is 9.24. The van der Waals surface area contributed by atoms with Crippen LogP contribution in [0.3, 0.4) is 0 Å². The molecule has 1 N–H and O–H groups in total. The first kappa shape index (κ1) is 14.6. The van der Waals surface area contributed by atoms with Crippen molar-refractivity contribution in [2.45, 2.75) is 76.3 Å². The number of aromatic hydroxyl groups is 1. The van der Waals surface area contributed by atoms with Crippen LogP contribution in [-0.4, -0.2) is 28.6 Å². The van der Waals surface area contributed by atoms with Crippen LogP contribution in [0.25, 0.3) is 0 Å². The first-order valence-corrected chi connectivity index (χ1v) is 9.24. The average molecular weight is 299 g/mol. The lowest BCUT2D eigenvalue weighted by Crippen LogP contribution is -2.62. The molecule has 1 saturated carbocycles. The molecule has 0 spiro atoms. The predicted molar refractivity (Wildman–Crippen MR) is 90.3 cm³/mol. The summed E-state index contributed by atoms with van der Waals surface area (Å²) in [6, 6.07) is 7.61. The Kier molecular flexibility index (Phi) is 3.48. The number of nitrogens with zero attached hydrogens (tertiary/aromatic N) is 1. The largest absolute Gasteiger partial charge is 0.508 e. The molecule has 0 amide bonds. The molecule has 1 unspecified atom stereocenters. The van der Waals surface area contributed by atoms with E-state index in [4.69, 9.17) is 0 Å². The van der Waals surface area contributed by atoms with Crippen LogP contribution in [-0.2, 0) is 11.8 Å². The lowest BCUT2D eigenvalue weighted by atomic mass is 9.52. The van der Waals surface area contributed by atoms with E-state index in [2.05, 4.69) is 30.9 Å². The molecular weight excluding hydrogens is 270 g/mol. The zero-order valence-electron chi connectivity index (χ0n) is 14.0. The number of likely N-dealkylation sites (tertiary alicyclic amines) is 1. The highest BCUT2D eigenvalue weighted by atomic mass is 16.3. The smallest absolute Gasteiger partial charge is 0.115 e. The van der Waals surface area contributed by atoms with Crippen LogP contribution in [0.2, 0.25) is 0 Å². The molecule has 0 radical (unpaired) electrons. The van der Waals surface area contributed by atoms with Gasteiger partial charge in [0.15, 0.2) is 0 Å². The van der Waals surface area contributed by atoms with Crippen molar-refractivity contribution in [1.29, 1.82) is 0 Å². The van der Waals surface area contributed by atoms with Crippen molar-refractivity contribution < 1.29 is 5.11 Å². The van der Waals surface area contributed by atoms with Crippen LogP contribution in [0.15, 0.2) is 18.2 Å². The molecule has 1 aromatic rings. The summed E-state index contributed by atoms with van der Waals surface area (Å²) < 4.78 is 0. The molecule has 4 atom stereocenters. The number of phenols is 1. The number of rotatable bonds is 2. The van der Waals surface area contributed by atoms with Gasteiger partial charge in [-0.2, -0.15) is 0 Å². The van der Waals surface area contributed by atoms with Crippen molar-refractivity contribution >= 4 is 0 Å². The average Bonchev–Trinajstić information content (AvgIpc) is 2.55. The van der Waals surface area contributed by atoms with Crippen molar-refractivity contribution in [2.75, 3.05) is 6.54 Å². The third-order valence-electron chi connectivity index (χ3n) is 7.02. The molecule has 2 bridgehead atoms. The topological polar surface area (TPSA) is 23.5 Å². The summed E-state index contributed by atoms with van der Waals surface area (Å²) in [6.07, 6.45) is 9.19. The van der Waals surface area contributed by atoms with Crippen LogP contribution in [0.5, 0.6) is 5.75 Å². The summed E-state index contributed by atoms with van der Waals surface area (Å²) >= 11 is 0. The van der Waals surface area contributed by atoms with E-state index in [1.807, 2.05) is 6.07 Å². The summed E-state index contributed by atoms with van der Waals surface area (Å²) in [4.78, 5) is 2.81. The third-order valence-corrected chi connectivity index (χ3v) is 7.02. The van der Waals surface area contributed by atoms with E-state index in [0.29, 0.717) is 17.2 Å². The molecule has 1 aromatic carbocycles. The molecule has 2 fully saturated rings. The van der Waals surface area contributed by atoms with Gasteiger partial charge in [-0.05, 0) is 74.8 Å². The van der Waals surface area contributed by atoms with E-state index in [0.717, 1.165) is 12.0 Å². The molecule has 1 aliphatic heterocycles. The monoisotopic (exact) mass is 299 g/mol. The number of benzene rings is 1. The predicted octanol–water partition coefficient (Wildman–Crippen LogP) is 4.25. The fourth-order valence-electron chi connectivity index (χ4n) is 5.80. The Balaban J connectivity index is 1.81. The van der Waals surface area contributed by atoms with Crippen molar-refractivity contribution in [3.63, 3.8) is 0 Å². The number of phenolic OH excluding ortho intramolecular Hbond substituents is 1. The van der Waals surface area contributed by atoms with E-state index in [9.17, 15) is 5.11 Å². The van der Waals surface area contributed by atoms with E-state index in [1.54, 1.807) is 0 Å². The van der Waals surface area contributed by atoms with Crippen LogP contribution in [0.4, 0.5) is 0 Å². The quantitative estimate of drug-likeness (QED) is 0.882. The minimum Gasteiger partial charge on any atom is -0.508 e. The molecule has 120 valence electrons. The summed E-state index contributed by atoms with van der Waals surface area (Å²) in [7, 11) is 0. The number of fused-ring (bicyclic) bond motifs is 1. The fraction of sp³-hybridized carbons (Fsp3) is 0.700. The first-order chi connectivity index (χ1) is 10.7. The van der Waals surface area contributed by atoms with Gasteiger partial charge in [-0.25, -0.2) is 0 Å². The molecule has 2 aliphatic carbocycles.